The summed E-state index contributed by atoms with van der Waals surface area (Å²) >= 11 is 0. The van der Waals surface area contributed by atoms with E-state index in [0.29, 0.717) is 0 Å². The normalized spacial score (nSPS) is 10.1. The lowest BCUT2D eigenvalue weighted by Gasteiger charge is -2.32. The Labute approximate surface area is 83.8 Å². The molecule has 0 aromatic carbocycles. The average Bonchev–Trinajstić information content (AvgIpc) is 1.79. The number of nitrogens with one attached hydrogen (secondary N) is 1. The van der Waals surface area contributed by atoms with Gasteiger partial charge in [0.2, 0.25) is 0 Å². The molecule has 0 radical (unpaired) electrons. The first kappa shape index (κ1) is 14.5. The van der Waals surface area contributed by atoms with E-state index in [2.05, 4.69) is 0 Å². The van der Waals surface area contributed by atoms with Crippen LogP contribution in [0.1, 0.15) is 20.8 Å². The van der Waals surface area contributed by atoms with Gasteiger partial charge in [-0.15, -0.1) is 12.4 Å². The fourth-order valence-electron chi connectivity index (χ4n) is 0.762. The molecule has 1 amide bonds. The van der Waals surface area contributed by atoms with E-state index in [4.69, 9.17) is 16.2 Å². The van der Waals surface area contributed by atoms with Gasteiger partial charge in [-0.25, -0.2) is 4.79 Å². The van der Waals surface area contributed by atoms with E-state index in [9.17, 15) is 4.79 Å². The molecule has 0 spiro atoms. The lowest BCUT2D eigenvalue weighted by atomic mass is 10.1. The first-order chi connectivity index (χ1) is 5.25. The van der Waals surface area contributed by atoms with Crippen molar-refractivity contribution in [2.45, 2.75) is 26.3 Å². The van der Waals surface area contributed by atoms with Crippen LogP contribution in [-0.2, 0) is 0 Å². The van der Waals surface area contributed by atoms with Gasteiger partial charge in [-0.2, -0.15) is 0 Å². The van der Waals surface area contributed by atoms with Crippen LogP contribution in [0, 0.1) is 5.41 Å². The molecule has 0 aliphatic heterocycles. The Morgan fingerprint density at radius 2 is 1.92 bits per heavy atom. The maximum Gasteiger partial charge on any atom is 0.408 e. The Morgan fingerprint density at radius 3 is 2.00 bits per heavy atom. The minimum Gasteiger partial charge on any atom is -0.465 e. The van der Waals surface area contributed by atoms with Crippen molar-refractivity contribution in [1.82, 2.24) is 4.90 Å². The Morgan fingerprint density at radius 1 is 1.54 bits per heavy atom. The minimum atomic E-state index is -1.06. The van der Waals surface area contributed by atoms with Crippen molar-refractivity contribution in [2.75, 3.05) is 6.54 Å². The first-order valence-electron chi connectivity index (χ1n) is 3.58. The molecule has 0 bridgehead atoms. The van der Waals surface area contributed by atoms with Crippen LogP contribution >= 0.6 is 12.4 Å². The summed E-state index contributed by atoms with van der Waals surface area (Å²) < 4.78 is 0. The quantitative estimate of drug-likeness (QED) is 0.470. The predicted octanol–water partition coefficient (Wildman–Crippen LogP) is 1.12. The number of halogens is 1. The molecule has 0 unspecified atom stereocenters. The van der Waals surface area contributed by atoms with Crippen LogP contribution in [0.3, 0.4) is 0 Å². The molecule has 0 aromatic heterocycles. The van der Waals surface area contributed by atoms with Crippen LogP contribution in [0.5, 0.6) is 0 Å². The highest BCUT2D eigenvalue weighted by molar-refractivity contribution is 5.85. The highest BCUT2D eigenvalue weighted by Crippen LogP contribution is 2.12. The molecular formula is C7H16ClN3O2. The zero-order valence-corrected chi connectivity index (χ0v) is 8.81. The maximum absolute atomic E-state index is 10.7. The SMILES string of the molecule is CC(C)(C)N(CC(=N)N)C(=O)O.Cl. The number of carbonyl (C=O) groups is 1. The second kappa shape index (κ2) is 4.91. The van der Waals surface area contributed by atoms with E-state index in [1.807, 2.05) is 0 Å². The molecule has 0 atom stereocenters. The van der Waals surface area contributed by atoms with E-state index in [1.165, 1.54) is 0 Å². The van der Waals surface area contributed by atoms with Crippen molar-refractivity contribution in [1.29, 1.82) is 5.41 Å². The second-order valence-electron chi connectivity index (χ2n) is 3.56. The van der Waals surface area contributed by atoms with E-state index >= 15 is 0 Å². The third-order valence-corrected chi connectivity index (χ3v) is 1.37. The van der Waals surface area contributed by atoms with E-state index in [1.54, 1.807) is 20.8 Å². The minimum absolute atomic E-state index is 0. The number of amidine groups is 1. The smallest absolute Gasteiger partial charge is 0.408 e. The summed E-state index contributed by atoms with van der Waals surface area (Å²) in [5.41, 5.74) is 4.59. The summed E-state index contributed by atoms with van der Waals surface area (Å²) in [6.45, 7) is 5.22. The number of nitrogens with zero attached hydrogens (tertiary/aromatic N) is 1. The van der Waals surface area contributed by atoms with Crippen LogP contribution < -0.4 is 5.73 Å². The molecule has 13 heavy (non-hydrogen) atoms. The van der Waals surface area contributed by atoms with Crippen molar-refractivity contribution in [3.05, 3.63) is 0 Å². The molecule has 0 aromatic rings. The topological polar surface area (TPSA) is 90.4 Å². The zero-order chi connectivity index (χ0) is 9.94. The van der Waals surface area contributed by atoms with Crippen LogP contribution in [-0.4, -0.2) is 34.0 Å². The van der Waals surface area contributed by atoms with Crippen LogP contribution in [0.4, 0.5) is 4.79 Å². The summed E-state index contributed by atoms with van der Waals surface area (Å²) in [5, 5.41) is 15.7. The second-order valence-corrected chi connectivity index (χ2v) is 3.56. The summed E-state index contributed by atoms with van der Waals surface area (Å²) in [6, 6.07) is 0. The molecule has 0 fully saturated rings. The van der Waals surface area contributed by atoms with Gasteiger partial charge in [-0.3, -0.25) is 10.3 Å². The summed E-state index contributed by atoms with van der Waals surface area (Å²) in [7, 11) is 0. The molecule has 0 aliphatic rings. The van der Waals surface area contributed by atoms with Crippen molar-refractivity contribution >= 4 is 24.3 Å². The zero-order valence-electron chi connectivity index (χ0n) is 8.00. The van der Waals surface area contributed by atoms with Crippen LogP contribution in [0.2, 0.25) is 0 Å². The van der Waals surface area contributed by atoms with Crippen LogP contribution in [0.25, 0.3) is 0 Å². The lowest BCUT2D eigenvalue weighted by molar-refractivity contribution is 0.111. The van der Waals surface area contributed by atoms with Gasteiger partial charge in [0.1, 0.15) is 5.84 Å². The summed E-state index contributed by atoms with van der Waals surface area (Å²) in [5.74, 6) is -0.146. The van der Waals surface area contributed by atoms with Gasteiger partial charge in [-0.05, 0) is 20.8 Å². The Hall–Kier alpha value is -0.970. The van der Waals surface area contributed by atoms with Gasteiger partial charge >= 0.3 is 6.09 Å². The van der Waals surface area contributed by atoms with Gasteiger partial charge in [0.15, 0.2) is 0 Å². The van der Waals surface area contributed by atoms with E-state index in [0.717, 1.165) is 4.90 Å². The number of carboxylic acid groups (broad SMARTS) is 1. The fourth-order valence-corrected chi connectivity index (χ4v) is 0.762. The standard InChI is InChI=1S/C7H15N3O2.ClH/c1-7(2,3)10(6(11)12)4-5(8)9;/h4H2,1-3H3,(H3,8,9)(H,11,12);1H. The third-order valence-electron chi connectivity index (χ3n) is 1.37. The molecule has 4 N–H and O–H groups in total. The van der Waals surface area contributed by atoms with Gasteiger partial charge in [-0.1, -0.05) is 0 Å². The van der Waals surface area contributed by atoms with Crippen LogP contribution in [0.15, 0.2) is 0 Å². The third kappa shape index (κ3) is 5.30. The molecule has 6 heteroatoms. The van der Waals surface area contributed by atoms with Crippen molar-refractivity contribution in [2.24, 2.45) is 5.73 Å². The largest absolute Gasteiger partial charge is 0.465 e. The number of nitrogens with two attached hydrogens (primary N) is 1. The molecule has 78 valence electrons. The maximum atomic E-state index is 10.7. The van der Waals surface area contributed by atoms with Crippen molar-refractivity contribution in [3.63, 3.8) is 0 Å². The Balaban J connectivity index is 0. The molecule has 0 rings (SSSR count). The van der Waals surface area contributed by atoms with E-state index in [-0.39, 0.29) is 24.8 Å². The van der Waals surface area contributed by atoms with Gasteiger partial charge in [0.05, 0.1) is 6.54 Å². The highest BCUT2D eigenvalue weighted by Gasteiger charge is 2.26. The molecule has 0 saturated heterocycles. The van der Waals surface area contributed by atoms with E-state index < -0.39 is 11.6 Å². The lowest BCUT2D eigenvalue weighted by Crippen LogP contribution is -2.48. The molecule has 5 nitrogen and oxygen atoms in total. The predicted molar refractivity (Wildman–Crippen MR) is 53.6 cm³/mol. The summed E-state index contributed by atoms with van der Waals surface area (Å²) in [6.07, 6.45) is -1.06. The molecule has 0 heterocycles. The van der Waals surface area contributed by atoms with Gasteiger partial charge in [0, 0.05) is 5.54 Å². The van der Waals surface area contributed by atoms with Crippen molar-refractivity contribution < 1.29 is 9.90 Å². The number of amides is 1. The molecular weight excluding hydrogens is 194 g/mol. The first-order valence-corrected chi connectivity index (χ1v) is 3.58. The number of hydrogen-bond donors (Lipinski definition) is 3. The molecule has 0 saturated carbocycles. The Kier molecular flexibility index (Phi) is 5.50. The van der Waals surface area contributed by atoms with Gasteiger partial charge < -0.3 is 10.8 Å². The monoisotopic (exact) mass is 209 g/mol. The average molecular weight is 210 g/mol. The number of rotatable bonds is 2. The fraction of sp³-hybridized carbons (Fsp3) is 0.714. The van der Waals surface area contributed by atoms with Crippen molar-refractivity contribution in [3.8, 4) is 0 Å². The summed E-state index contributed by atoms with van der Waals surface area (Å²) in [4.78, 5) is 11.8. The highest BCUT2D eigenvalue weighted by atomic mass is 35.5. The number of hydrogen-bond acceptors (Lipinski definition) is 2. The molecule has 0 aliphatic carbocycles. The van der Waals surface area contributed by atoms with Gasteiger partial charge in [0.25, 0.3) is 0 Å². The Bertz CT molecular complexity index is 200.